The number of aromatic nitrogens is 3. The lowest BCUT2D eigenvalue weighted by Crippen LogP contribution is -2.04. The minimum absolute atomic E-state index is 0.0831. The van der Waals surface area contributed by atoms with Gasteiger partial charge in [0.15, 0.2) is 17.3 Å². The largest absolute Gasteiger partial charge is 0.493 e. The molecule has 1 N–H and O–H groups in total. The third-order valence-corrected chi connectivity index (χ3v) is 4.96. The quantitative estimate of drug-likeness (QED) is 0.696. The number of rotatable bonds is 2. The third-order valence-electron chi connectivity index (χ3n) is 4.42. The third kappa shape index (κ3) is 2.34. The first-order valence-electron chi connectivity index (χ1n) is 7.78. The highest BCUT2D eigenvalue weighted by Gasteiger charge is 2.23. The number of benzene rings is 1. The number of thiol groups is 1. The summed E-state index contributed by atoms with van der Waals surface area (Å²) in [6, 6.07) is 5.34. The van der Waals surface area contributed by atoms with Gasteiger partial charge in [-0.15, -0.1) is 0 Å². The summed E-state index contributed by atoms with van der Waals surface area (Å²) < 4.78 is 28.9. The second-order valence-electron chi connectivity index (χ2n) is 5.95. The van der Waals surface area contributed by atoms with Crippen molar-refractivity contribution in [2.24, 2.45) is 0 Å². The molecule has 0 saturated carbocycles. The molecule has 4 rings (SSSR count). The Balaban J connectivity index is 1.86. The number of aromatic hydroxyl groups is 1. The van der Waals surface area contributed by atoms with Crippen LogP contribution in [0.4, 0.5) is 8.78 Å². The molecule has 0 radical (unpaired) electrons. The molecule has 0 saturated heterocycles. The van der Waals surface area contributed by atoms with Gasteiger partial charge in [-0.05, 0) is 31.7 Å². The molecule has 1 aliphatic rings. The topological polar surface area (TPSA) is 50.4 Å². The van der Waals surface area contributed by atoms with Crippen molar-refractivity contribution in [2.45, 2.75) is 30.9 Å². The van der Waals surface area contributed by atoms with Gasteiger partial charge in [-0.25, -0.2) is 13.8 Å². The fourth-order valence-corrected chi connectivity index (χ4v) is 3.52. The van der Waals surface area contributed by atoms with E-state index in [9.17, 15) is 13.9 Å². The summed E-state index contributed by atoms with van der Waals surface area (Å²) in [6.07, 6.45) is 3.81. The van der Waals surface area contributed by atoms with E-state index >= 15 is 0 Å². The highest BCUT2D eigenvalue weighted by Crippen LogP contribution is 2.33. The lowest BCUT2D eigenvalue weighted by atomic mass is 9.98. The Kier molecular flexibility index (Phi) is 3.68. The van der Waals surface area contributed by atoms with Crippen molar-refractivity contribution in [2.75, 3.05) is 0 Å². The number of hydrogen-bond donors (Lipinski definition) is 2. The maximum atomic E-state index is 14.0. The molecule has 2 heterocycles. The van der Waals surface area contributed by atoms with E-state index < -0.39 is 16.9 Å². The first kappa shape index (κ1) is 15.4. The Bertz CT molecular complexity index is 941. The van der Waals surface area contributed by atoms with Crippen molar-refractivity contribution in [3.63, 3.8) is 0 Å². The van der Waals surface area contributed by atoms with Gasteiger partial charge in [0.1, 0.15) is 0 Å². The van der Waals surface area contributed by atoms with Gasteiger partial charge in [0, 0.05) is 17.2 Å². The van der Waals surface area contributed by atoms with Gasteiger partial charge in [0.2, 0.25) is 5.88 Å². The summed E-state index contributed by atoms with van der Waals surface area (Å²) in [7, 11) is 0. The van der Waals surface area contributed by atoms with Gasteiger partial charge >= 0.3 is 0 Å². The van der Waals surface area contributed by atoms with Gasteiger partial charge in [-0.2, -0.15) is 22.2 Å². The van der Waals surface area contributed by atoms with Gasteiger partial charge < -0.3 is 5.11 Å². The fourth-order valence-electron chi connectivity index (χ4n) is 3.19. The van der Waals surface area contributed by atoms with Crippen molar-refractivity contribution in [1.29, 1.82) is 0 Å². The maximum Gasteiger partial charge on any atom is 0.215 e. The van der Waals surface area contributed by atoms with E-state index in [1.54, 1.807) is 0 Å². The minimum atomic E-state index is -0.950. The van der Waals surface area contributed by atoms with Crippen molar-refractivity contribution < 1.29 is 13.9 Å². The van der Waals surface area contributed by atoms with Crippen molar-refractivity contribution in [3.8, 4) is 5.88 Å². The summed E-state index contributed by atoms with van der Waals surface area (Å²) >= 11 is 4.40. The molecule has 2 aromatic heterocycles. The zero-order chi connectivity index (χ0) is 16.8. The second-order valence-corrected chi connectivity index (χ2v) is 6.47. The smallest absolute Gasteiger partial charge is 0.215 e. The Morgan fingerprint density at radius 3 is 2.83 bits per heavy atom. The zero-order valence-corrected chi connectivity index (χ0v) is 13.6. The van der Waals surface area contributed by atoms with Crippen LogP contribution in [0.25, 0.3) is 5.65 Å². The highest BCUT2D eigenvalue weighted by atomic mass is 32.1. The molecule has 124 valence electrons. The molecule has 0 bridgehead atoms. The monoisotopic (exact) mass is 347 g/mol. The fraction of sp³-hybridized carbons (Fsp3) is 0.294. The average Bonchev–Trinajstić information content (AvgIpc) is 2.96. The first-order chi connectivity index (χ1) is 11.6. The molecule has 1 unspecified atom stereocenters. The first-order valence-corrected chi connectivity index (χ1v) is 8.30. The Hall–Kier alpha value is -2.15. The van der Waals surface area contributed by atoms with E-state index in [-0.39, 0.29) is 11.4 Å². The molecule has 1 aromatic carbocycles. The molecule has 24 heavy (non-hydrogen) atoms. The van der Waals surface area contributed by atoms with E-state index in [1.165, 1.54) is 22.7 Å². The van der Waals surface area contributed by atoms with E-state index in [1.807, 2.05) is 0 Å². The number of halogens is 2. The number of hydrogen-bond acceptors (Lipinski definition) is 4. The molecular weight excluding hydrogens is 332 g/mol. The van der Waals surface area contributed by atoms with Gasteiger partial charge in [0.05, 0.1) is 16.6 Å². The van der Waals surface area contributed by atoms with Gasteiger partial charge in [-0.1, -0.05) is 12.1 Å². The maximum absolute atomic E-state index is 14.0. The van der Waals surface area contributed by atoms with Crippen LogP contribution in [0.2, 0.25) is 0 Å². The Labute approximate surface area is 142 Å². The van der Waals surface area contributed by atoms with Gasteiger partial charge in [0.25, 0.3) is 0 Å². The number of nitrogens with zero attached hydrogens (tertiary/aromatic N) is 3. The highest BCUT2D eigenvalue weighted by molar-refractivity contribution is 7.80. The van der Waals surface area contributed by atoms with Crippen LogP contribution in [-0.2, 0) is 12.8 Å². The molecule has 0 fully saturated rings. The molecule has 0 amide bonds. The number of aryl methyl sites for hydroxylation is 2. The second kappa shape index (κ2) is 5.73. The predicted molar refractivity (Wildman–Crippen MR) is 88.5 cm³/mol. The molecule has 1 aliphatic carbocycles. The van der Waals surface area contributed by atoms with Crippen LogP contribution in [0.1, 0.15) is 40.6 Å². The van der Waals surface area contributed by atoms with Gasteiger partial charge in [-0.3, -0.25) is 0 Å². The van der Waals surface area contributed by atoms with E-state index in [4.69, 9.17) is 0 Å². The summed E-state index contributed by atoms with van der Waals surface area (Å²) in [4.78, 5) is 4.53. The Morgan fingerprint density at radius 1 is 1.21 bits per heavy atom. The Morgan fingerprint density at radius 2 is 2.00 bits per heavy atom. The lowest BCUT2D eigenvalue weighted by molar-refractivity contribution is 0.433. The van der Waals surface area contributed by atoms with Crippen LogP contribution in [0.15, 0.2) is 24.3 Å². The molecule has 4 nitrogen and oxygen atoms in total. The van der Waals surface area contributed by atoms with Crippen LogP contribution >= 0.6 is 12.6 Å². The van der Waals surface area contributed by atoms with E-state index in [2.05, 4.69) is 22.7 Å². The van der Waals surface area contributed by atoms with Crippen LogP contribution in [-0.4, -0.2) is 19.7 Å². The molecular formula is C17H15F2N3OS. The molecule has 1 atom stereocenters. The van der Waals surface area contributed by atoms with E-state index in [0.29, 0.717) is 11.3 Å². The van der Waals surface area contributed by atoms with Crippen LogP contribution in [0.5, 0.6) is 5.88 Å². The van der Waals surface area contributed by atoms with Crippen molar-refractivity contribution >= 4 is 18.3 Å². The summed E-state index contributed by atoms with van der Waals surface area (Å²) in [6.45, 7) is 0. The molecule has 0 aliphatic heterocycles. The zero-order valence-electron chi connectivity index (χ0n) is 12.7. The normalized spacial score (nSPS) is 15.5. The number of fused-ring (bicyclic) bond motifs is 3. The van der Waals surface area contributed by atoms with Crippen molar-refractivity contribution in [1.82, 2.24) is 14.6 Å². The van der Waals surface area contributed by atoms with Crippen LogP contribution in [0.3, 0.4) is 0 Å². The standard InChI is InChI=1S/C17H15F2N3OS/c18-11-6-3-5-10(15(11)19)16(24)13-8-14(23)22-17(20-13)9-4-1-2-7-12(9)21-22/h3,5-6,8,16,23-24H,1-2,4,7H2. The van der Waals surface area contributed by atoms with E-state index in [0.717, 1.165) is 43.0 Å². The minimum Gasteiger partial charge on any atom is -0.493 e. The summed E-state index contributed by atoms with van der Waals surface area (Å²) in [5.74, 6) is -1.96. The van der Waals surface area contributed by atoms with Crippen LogP contribution < -0.4 is 0 Å². The SMILES string of the molecule is Oc1cc(C(S)c2cccc(F)c2F)nc2c3c(nn12)CCCC3. The molecule has 7 heteroatoms. The summed E-state index contributed by atoms with van der Waals surface area (Å²) in [5.41, 5.74) is 2.96. The average molecular weight is 347 g/mol. The predicted octanol–water partition coefficient (Wildman–Crippen LogP) is 3.61. The molecule has 0 spiro atoms. The lowest BCUT2D eigenvalue weighted by Gasteiger charge is -2.13. The van der Waals surface area contributed by atoms with Crippen molar-refractivity contribution in [3.05, 3.63) is 58.4 Å². The van der Waals surface area contributed by atoms with Crippen LogP contribution in [0, 0.1) is 11.6 Å². The molecule has 3 aromatic rings. The summed E-state index contributed by atoms with van der Waals surface area (Å²) in [5, 5.41) is 13.9.